The molecule has 3 heterocycles. The second kappa shape index (κ2) is 7.32. The molecule has 0 aliphatic carbocycles. The van der Waals surface area contributed by atoms with Gasteiger partial charge in [-0.15, -0.1) is 0 Å². The Morgan fingerprint density at radius 3 is 2.40 bits per heavy atom. The molecule has 0 saturated carbocycles. The molecule has 0 unspecified atom stereocenters. The number of nitrogens with one attached hydrogen (secondary N) is 1. The smallest absolute Gasteiger partial charge is 0.407 e. The van der Waals surface area contributed by atoms with Gasteiger partial charge >= 0.3 is 6.75 Å². The molecule has 3 saturated heterocycles. The van der Waals surface area contributed by atoms with Crippen molar-refractivity contribution in [3.63, 3.8) is 0 Å². The molecule has 2 bridgehead atoms. The monoisotopic (exact) mass is 372 g/mol. The van der Waals surface area contributed by atoms with Gasteiger partial charge in [-0.2, -0.15) is 8.42 Å². The van der Waals surface area contributed by atoms with Crippen LogP contribution in [-0.4, -0.2) is 63.4 Å². The summed E-state index contributed by atoms with van der Waals surface area (Å²) in [6, 6.07) is 9.42. The third-order valence-electron chi connectivity index (χ3n) is 4.57. The second-order valence-corrected chi connectivity index (χ2v) is 8.20. The van der Waals surface area contributed by atoms with E-state index in [1.54, 1.807) is 0 Å². The SMILES string of the molecule is C[C@H](OCc1ccccc1)[B-]12OCC(NCCS(=O)(=O)O)(CO1)CO2. The average Bonchev–Trinajstić information content (AvgIpc) is 2.61. The third-order valence-corrected chi connectivity index (χ3v) is 5.29. The highest BCUT2D eigenvalue weighted by molar-refractivity contribution is 7.85. The molecule has 140 valence electrons. The van der Waals surface area contributed by atoms with Gasteiger partial charge in [0, 0.05) is 32.4 Å². The average molecular weight is 372 g/mol. The zero-order valence-electron chi connectivity index (χ0n) is 14.1. The molecule has 4 rings (SSSR count). The summed E-state index contributed by atoms with van der Waals surface area (Å²) in [6.45, 7) is 1.38. The normalized spacial score (nSPS) is 30.3. The zero-order chi connectivity index (χ0) is 18.0. The minimum Gasteiger partial charge on any atom is -0.541 e. The Hall–Kier alpha value is -1.01. The molecule has 3 fully saturated rings. The lowest BCUT2D eigenvalue weighted by Crippen LogP contribution is -2.75. The van der Waals surface area contributed by atoms with E-state index in [0.29, 0.717) is 26.4 Å². The van der Waals surface area contributed by atoms with E-state index in [2.05, 4.69) is 5.32 Å². The number of fused-ring (bicyclic) bond motifs is 3. The highest BCUT2D eigenvalue weighted by Crippen LogP contribution is 2.33. The molecule has 1 aromatic rings. The molecule has 25 heavy (non-hydrogen) atoms. The number of benzene rings is 1. The molecule has 3 aliphatic rings. The molecule has 2 N–H and O–H groups in total. The first-order valence-electron chi connectivity index (χ1n) is 8.24. The third kappa shape index (κ3) is 4.59. The molecule has 10 heteroatoms. The van der Waals surface area contributed by atoms with Crippen molar-refractivity contribution in [3.05, 3.63) is 35.9 Å². The van der Waals surface area contributed by atoms with E-state index in [1.165, 1.54) is 0 Å². The van der Waals surface area contributed by atoms with Crippen molar-refractivity contribution in [2.45, 2.75) is 25.1 Å². The quantitative estimate of drug-likeness (QED) is 0.498. The van der Waals surface area contributed by atoms with E-state index in [4.69, 9.17) is 23.3 Å². The standard InChI is InChI=1S/C15H23BNO7S/c1-13(21-9-14-5-3-2-4-6-14)16-22-10-15(11-23-16,12-24-16)17-7-8-25(18,19)20/h2-6,13,17H,7-12H2,1H3,(H,18,19,20)/q-1/t13-,15?,16?/m0/s1. The van der Waals surface area contributed by atoms with E-state index in [1.807, 2.05) is 37.3 Å². The molecule has 0 radical (unpaired) electrons. The van der Waals surface area contributed by atoms with Crippen molar-refractivity contribution in [3.8, 4) is 0 Å². The van der Waals surface area contributed by atoms with E-state index in [0.717, 1.165) is 5.56 Å². The highest BCUT2D eigenvalue weighted by atomic mass is 32.2. The van der Waals surface area contributed by atoms with Crippen LogP contribution in [0.3, 0.4) is 0 Å². The molecule has 0 amide bonds. The van der Waals surface area contributed by atoms with Crippen molar-refractivity contribution >= 4 is 16.9 Å². The topological polar surface area (TPSA) is 103 Å². The van der Waals surface area contributed by atoms with Gasteiger partial charge in [0.15, 0.2) is 0 Å². The van der Waals surface area contributed by atoms with Crippen molar-refractivity contribution in [2.75, 3.05) is 32.1 Å². The van der Waals surface area contributed by atoms with Crippen molar-refractivity contribution < 1.29 is 31.7 Å². The molecule has 8 nitrogen and oxygen atoms in total. The summed E-state index contributed by atoms with van der Waals surface area (Å²) < 4.78 is 53.8. The summed E-state index contributed by atoms with van der Waals surface area (Å²) in [4.78, 5) is 0. The number of hydrogen-bond acceptors (Lipinski definition) is 7. The van der Waals surface area contributed by atoms with Crippen LogP contribution >= 0.6 is 0 Å². The molecule has 0 spiro atoms. The van der Waals surface area contributed by atoms with Crippen LogP contribution < -0.4 is 5.32 Å². The Morgan fingerprint density at radius 2 is 1.84 bits per heavy atom. The first-order valence-corrected chi connectivity index (χ1v) is 9.85. The summed E-state index contributed by atoms with van der Waals surface area (Å²) in [6.07, 6.45) is 0. The van der Waals surface area contributed by atoms with E-state index in [9.17, 15) is 8.42 Å². The lowest BCUT2D eigenvalue weighted by atomic mass is 9.67. The van der Waals surface area contributed by atoms with Gasteiger partial charge in [0.05, 0.1) is 17.9 Å². The fourth-order valence-corrected chi connectivity index (χ4v) is 3.38. The minimum absolute atomic E-state index is 0.0922. The van der Waals surface area contributed by atoms with Crippen LogP contribution in [-0.2, 0) is 35.4 Å². The number of rotatable bonds is 8. The van der Waals surface area contributed by atoms with Gasteiger partial charge in [-0.1, -0.05) is 37.3 Å². The van der Waals surface area contributed by atoms with Crippen LogP contribution in [0.4, 0.5) is 0 Å². The molecule has 0 aromatic heterocycles. The highest BCUT2D eigenvalue weighted by Gasteiger charge is 2.51. The predicted octanol–water partition coefficient (Wildman–Crippen LogP) is 0.363. The molecule has 1 aromatic carbocycles. The number of ether oxygens (including phenoxy) is 1. The van der Waals surface area contributed by atoms with E-state index < -0.39 is 22.4 Å². The van der Waals surface area contributed by atoms with Gasteiger partial charge in [-0.25, -0.2) is 0 Å². The maximum atomic E-state index is 10.8. The van der Waals surface area contributed by atoms with Gasteiger partial charge in [0.2, 0.25) is 0 Å². The molecular weight excluding hydrogens is 349 g/mol. The predicted molar refractivity (Wildman–Crippen MR) is 91.5 cm³/mol. The molecule has 3 aliphatic heterocycles. The number of hydrogen-bond donors (Lipinski definition) is 2. The van der Waals surface area contributed by atoms with E-state index in [-0.39, 0.29) is 18.3 Å². The van der Waals surface area contributed by atoms with Gasteiger partial charge in [0.1, 0.15) is 0 Å². The lowest BCUT2D eigenvalue weighted by Gasteiger charge is -2.60. The zero-order valence-corrected chi connectivity index (χ0v) is 14.9. The Kier molecular flexibility index (Phi) is 5.49. The van der Waals surface area contributed by atoms with Crippen LogP contribution in [0.5, 0.6) is 0 Å². The Bertz CT molecular complexity index is 660. The van der Waals surface area contributed by atoms with Gasteiger partial charge in [0.25, 0.3) is 10.1 Å². The van der Waals surface area contributed by atoms with Crippen LogP contribution in [0.1, 0.15) is 12.5 Å². The summed E-state index contributed by atoms with van der Waals surface area (Å²) >= 11 is 0. The first kappa shape index (κ1) is 18.8. The lowest BCUT2D eigenvalue weighted by molar-refractivity contribution is -0.131. The first-order chi connectivity index (χ1) is 11.8. The largest absolute Gasteiger partial charge is 0.541 e. The Balaban J connectivity index is 1.51. The van der Waals surface area contributed by atoms with Crippen LogP contribution in [0.15, 0.2) is 30.3 Å². The maximum absolute atomic E-state index is 10.8. The Morgan fingerprint density at radius 1 is 1.24 bits per heavy atom. The van der Waals surface area contributed by atoms with Gasteiger partial charge in [-0.05, 0) is 5.56 Å². The summed E-state index contributed by atoms with van der Waals surface area (Å²) in [5.41, 5.74) is 0.447. The van der Waals surface area contributed by atoms with Gasteiger partial charge in [-0.3, -0.25) is 4.55 Å². The van der Waals surface area contributed by atoms with Crippen molar-refractivity contribution in [1.29, 1.82) is 0 Å². The summed E-state index contributed by atoms with van der Waals surface area (Å²) in [5, 5.41) is 3.05. The summed E-state index contributed by atoms with van der Waals surface area (Å²) in [7, 11) is -4.01. The maximum Gasteiger partial charge on any atom is 0.407 e. The van der Waals surface area contributed by atoms with Crippen LogP contribution in [0, 0.1) is 0 Å². The van der Waals surface area contributed by atoms with Gasteiger partial charge < -0.3 is 24.0 Å². The van der Waals surface area contributed by atoms with Crippen LogP contribution in [0.25, 0.3) is 0 Å². The fraction of sp³-hybridized carbons (Fsp3) is 0.600. The summed E-state index contributed by atoms with van der Waals surface area (Å²) in [5.74, 6) is -0.373. The fourth-order valence-electron chi connectivity index (χ4n) is 3.02. The van der Waals surface area contributed by atoms with Crippen molar-refractivity contribution in [1.82, 2.24) is 5.32 Å². The molecular formula is C15H23BNO7S-. The van der Waals surface area contributed by atoms with Crippen molar-refractivity contribution in [2.24, 2.45) is 0 Å². The molecule has 1 atom stereocenters. The van der Waals surface area contributed by atoms with E-state index >= 15 is 0 Å². The minimum atomic E-state index is -4.01. The Labute approximate surface area is 147 Å². The van der Waals surface area contributed by atoms with Crippen LogP contribution in [0.2, 0.25) is 0 Å². The second-order valence-electron chi connectivity index (χ2n) is 6.62.